The van der Waals surface area contributed by atoms with Crippen LogP contribution in [0.15, 0.2) is 57.2 Å². The fourth-order valence-corrected chi connectivity index (χ4v) is 6.57. The highest BCUT2D eigenvalue weighted by molar-refractivity contribution is 7.99. The molecule has 4 rings (SSSR count). The molecule has 2 aliphatic rings. The number of nitriles is 1. The van der Waals surface area contributed by atoms with Gasteiger partial charge < -0.3 is 5.73 Å². The molecular formula is C24H23F2N3OS2. The Morgan fingerprint density at radius 2 is 1.97 bits per heavy atom. The quantitative estimate of drug-likeness (QED) is 0.547. The lowest BCUT2D eigenvalue weighted by Crippen LogP contribution is -2.42. The molecule has 4 nitrogen and oxygen atoms in total. The average molecular weight is 472 g/mol. The number of nitrogens with zero attached hydrogens (tertiary/aromatic N) is 2. The summed E-state index contributed by atoms with van der Waals surface area (Å²) in [6.07, 6.45) is 0.690. The maximum atomic E-state index is 14.9. The van der Waals surface area contributed by atoms with E-state index in [0.717, 1.165) is 27.7 Å². The summed E-state index contributed by atoms with van der Waals surface area (Å²) < 4.78 is 29.7. The third-order valence-corrected chi connectivity index (χ3v) is 7.83. The first-order chi connectivity index (χ1) is 15.2. The van der Waals surface area contributed by atoms with Crippen LogP contribution in [-0.4, -0.2) is 11.5 Å². The number of thiophene rings is 1. The van der Waals surface area contributed by atoms with Crippen LogP contribution in [0.3, 0.4) is 0 Å². The van der Waals surface area contributed by atoms with Crippen molar-refractivity contribution in [1.82, 2.24) is 0 Å². The van der Waals surface area contributed by atoms with Crippen molar-refractivity contribution in [2.75, 3.05) is 10.7 Å². The second-order valence-corrected chi connectivity index (χ2v) is 10.9. The Balaban J connectivity index is 2.04. The van der Waals surface area contributed by atoms with Crippen molar-refractivity contribution >= 4 is 34.6 Å². The van der Waals surface area contributed by atoms with Gasteiger partial charge >= 0.3 is 0 Å². The first-order valence-corrected chi connectivity index (χ1v) is 12.2. The molecule has 0 saturated heterocycles. The van der Waals surface area contributed by atoms with E-state index in [1.165, 1.54) is 22.3 Å². The molecule has 2 N–H and O–H groups in total. The van der Waals surface area contributed by atoms with Crippen LogP contribution in [0.4, 0.5) is 14.5 Å². The fourth-order valence-electron chi connectivity index (χ4n) is 4.52. The zero-order valence-corrected chi connectivity index (χ0v) is 19.7. The van der Waals surface area contributed by atoms with Crippen molar-refractivity contribution in [3.63, 3.8) is 0 Å². The zero-order valence-electron chi connectivity index (χ0n) is 18.0. The molecule has 1 aliphatic carbocycles. The Kier molecular flexibility index (Phi) is 5.91. The number of hydrogen-bond acceptors (Lipinski definition) is 6. The van der Waals surface area contributed by atoms with Gasteiger partial charge in [-0.05, 0) is 41.2 Å². The molecule has 2 heterocycles. The van der Waals surface area contributed by atoms with Gasteiger partial charge in [0.05, 0.1) is 17.6 Å². The minimum atomic E-state index is -0.801. The highest BCUT2D eigenvalue weighted by Gasteiger charge is 2.46. The molecule has 0 unspecified atom stereocenters. The van der Waals surface area contributed by atoms with Gasteiger partial charge in [-0.15, -0.1) is 23.1 Å². The smallest absolute Gasteiger partial charge is 0.162 e. The third kappa shape index (κ3) is 3.63. The Bertz CT molecular complexity index is 1190. The first-order valence-electron chi connectivity index (χ1n) is 10.3. The zero-order chi connectivity index (χ0) is 23.2. The van der Waals surface area contributed by atoms with E-state index >= 15 is 0 Å². The summed E-state index contributed by atoms with van der Waals surface area (Å²) >= 11 is 3.09. The van der Waals surface area contributed by atoms with E-state index in [9.17, 15) is 18.8 Å². The Morgan fingerprint density at radius 1 is 1.28 bits per heavy atom. The maximum Gasteiger partial charge on any atom is 0.162 e. The number of thioether (sulfide) groups is 1. The lowest BCUT2D eigenvalue weighted by molar-refractivity contribution is -0.118. The summed E-state index contributed by atoms with van der Waals surface area (Å²) in [6.45, 7) is 5.93. The van der Waals surface area contributed by atoms with Crippen LogP contribution >= 0.6 is 23.1 Å². The summed E-state index contributed by atoms with van der Waals surface area (Å²) in [5, 5.41) is 12.0. The van der Waals surface area contributed by atoms with Crippen LogP contribution in [0.25, 0.3) is 0 Å². The number of ketones is 1. The van der Waals surface area contributed by atoms with E-state index < -0.39 is 23.0 Å². The van der Waals surface area contributed by atoms with Crippen LogP contribution in [0.1, 0.15) is 44.4 Å². The summed E-state index contributed by atoms with van der Waals surface area (Å²) in [7, 11) is 0. The van der Waals surface area contributed by atoms with Crippen LogP contribution in [0.2, 0.25) is 0 Å². The number of halogens is 2. The van der Waals surface area contributed by atoms with Gasteiger partial charge in [-0.2, -0.15) is 5.26 Å². The number of para-hydroxylation sites is 1. The summed E-state index contributed by atoms with van der Waals surface area (Å²) in [4.78, 5) is 16.6. The highest BCUT2D eigenvalue weighted by atomic mass is 32.2. The molecule has 1 aromatic heterocycles. The van der Waals surface area contributed by atoms with Gasteiger partial charge in [-0.3, -0.25) is 9.69 Å². The Labute approximate surface area is 194 Å². The molecule has 0 radical (unpaired) electrons. The van der Waals surface area contributed by atoms with Gasteiger partial charge in [0.25, 0.3) is 0 Å². The Morgan fingerprint density at radius 3 is 2.59 bits per heavy atom. The van der Waals surface area contributed by atoms with Crippen LogP contribution in [0, 0.1) is 28.4 Å². The normalized spacial score (nSPS) is 20.4. The van der Waals surface area contributed by atoms with Gasteiger partial charge in [0.1, 0.15) is 23.1 Å². The predicted molar refractivity (Wildman–Crippen MR) is 124 cm³/mol. The number of allylic oxidation sites excluding steroid dienone is 3. The third-order valence-electron chi connectivity index (χ3n) is 5.76. The molecule has 166 valence electrons. The fraction of sp³-hybridized carbons (Fsp3) is 0.333. The molecular weight excluding hydrogens is 448 g/mol. The van der Waals surface area contributed by atoms with Crippen molar-refractivity contribution in [1.29, 1.82) is 5.26 Å². The maximum absolute atomic E-state index is 14.9. The molecule has 1 aliphatic heterocycles. The number of rotatable bonds is 4. The van der Waals surface area contributed by atoms with Crippen LogP contribution < -0.4 is 10.6 Å². The SMILES string of the molecule is CCSc1ccsc1[C@@H]1C(C#N)=C(N)N(c2c(F)cccc2F)C2=C1C(=O)CC(C)(C)C2. The lowest BCUT2D eigenvalue weighted by Gasteiger charge is -2.43. The topological polar surface area (TPSA) is 70.1 Å². The van der Waals surface area contributed by atoms with E-state index in [0.29, 0.717) is 17.7 Å². The number of benzene rings is 1. The first kappa shape index (κ1) is 22.6. The van der Waals surface area contributed by atoms with Crippen molar-refractivity contribution < 1.29 is 13.6 Å². The number of Topliss-reactive ketones (excluding diaryl/α,β-unsaturated/α-hetero) is 1. The van der Waals surface area contributed by atoms with Gasteiger partial charge in [-0.1, -0.05) is 26.8 Å². The van der Waals surface area contributed by atoms with Crippen molar-refractivity contribution in [3.8, 4) is 6.07 Å². The van der Waals surface area contributed by atoms with Gasteiger partial charge in [0.15, 0.2) is 5.78 Å². The van der Waals surface area contributed by atoms with Crippen LogP contribution in [0.5, 0.6) is 0 Å². The monoisotopic (exact) mass is 471 g/mol. The predicted octanol–water partition coefficient (Wildman–Crippen LogP) is 6.08. The number of hydrogen-bond donors (Lipinski definition) is 1. The summed E-state index contributed by atoms with van der Waals surface area (Å²) in [5.41, 5.74) is 6.72. The van der Waals surface area contributed by atoms with Crippen molar-refractivity contribution in [2.45, 2.75) is 44.4 Å². The molecule has 1 atom stereocenters. The second kappa shape index (κ2) is 8.38. The second-order valence-electron chi connectivity index (χ2n) is 8.63. The number of carbonyl (C=O) groups is 1. The van der Waals surface area contributed by atoms with E-state index in [1.54, 1.807) is 11.8 Å². The van der Waals surface area contributed by atoms with Crippen molar-refractivity contribution in [2.24, 2.45) is 11.1 Å². The van der Waals surface area contributed by atoms with Crippen molar-refractivity contribution in [3.05, 3.63) is 68.8 Å². The number of nitrogens with two attached hydrogens (primary N) is 1. The molecule has 2 aromatic rings. The van der Waals surface area contributed by atoms with E-state index in [4.69, 9.17) is 5.73 Å². The molecule has 1 aromatic carbocycles. The minimum absolute atomic E-state index is 0.0356. The summed E-state index contributed by atoms with van der Waals surface area (Å²) in [5.74, 6) is -1.57. The molecule has 0 amide bonds. The number of carbonyl (C=O) groups excluding carboxylic acids is 1. The van der Waals surface area contributed by atoms with E-state index in [-0.39, 0.29) is 29.3 Å². The van der Waals surface area contributed by atoms with Gasteiger partial charge in [0, 0.05) is 27.5 Å². The van der Waals surface area contributed by atoms with E-state index in [2.05, 4.69) is 6.07 Å². The summed E-state index contributed by atoms with van der Waals surface area (Å²) in [6, 6.07) is 7.70. The van der Waals surface area contributed by atoms with E-state index in [1.807, 2.05) is 32.2 Å². The van der Waals surface area contributed by atoms with Gasteiger partial charge in [-0.25, -0.2) is 8.78 Å². The van der Waals surface area contributed by atoms with Crippen LogP contribution in [-0.2, 0) is 4.79 Å². The Hall–Kier alpha value is -2.63. The average Bonchev–Trinajstić information content (AvgIpc) is 3.16. The molecule has 32 heavy (non-hydrogen) atoms. The lowest BCUT2D eigenvalue weighted by atomic mass is 9.69. The molecule has 0 spiro atoms. The number of anilines is 1. The van der Waals surface area contributed by atoms with Gasteiger partial charge in [0.2, 0.25) is 0 Å². The minimum Gasteiger partial charge on any atom is -0.384 e. The highest BCUT2D eigenvalue weighted by Crippen LogP contribution is 2.52. The largest absolute Gasteiger partial charge is 0.384 e. The molecule has 8 heteroatoms. The molecule has 0 bridgehead atoms. The molecule has 0 fully saturated rings. The molecule has 0 saturated carbocycles. The standard InChI is InChI=1S/C24H23F2N3OS2/c1-4-31-18-8-9-32-22(18)19-13(12-27)23(28)29(21-14(25)6-5-7-15(21)26)16-10-24(2,3)11-17(30)20(16)19/h5-9,19H,4,10-11,28H2,1-3H3/t19-/m1/s1.